The molecule has 152 valence electrons. The fourth-order valence-electron chi connectivity index (χ4n) is 2.73. The molecule has 0 fully saturated rings. The summed E-state index contributed by atoms with van der Waals surface area (Å²) in [7, 11) is 0. The quantitative estimate of drug-likeness (QED) is 0.465. The van der Waals surface area contributed by atoms with Crippen LogP contribution in [0.5, 0.6) is 0 Å². The Hall–Kier alpha value is -3.26. The van der Waals surface area contributed by atoms with Crippen LogP contribution in [-0.2, 0) is 16.1 Å². The SMILES string of the molecule is CC(C)(C)C(=O)N[C@H](COCc1ccccc1)c1nc2ccc([N+](=O)[O-])cc2[nH]1. The molecule has 3 aromatic rings. The summed E-state index contributed by atoms with van der Waals surface area (Å²) in [6.07, 6.45) is 0. The molecule has 0 saturated carbocycles. The van der Waals surface area contributed by atoms with Gasteiger partial charge >= 0.3 is 0 Å². The van der Waals surface area contributed by atoms with Gasteiger partial charge in [0.05, 0.1) is 29.2 Å². The van der Waals surface area contributed by atoms with E-state index in [1.165, 1.54) is 12.1 Å². The van der Waals surface area contributed by atoms with Gasteiger partial charge in [0.1, 0.15) is 11.9 Å². The Labute approximate surface area is 168 Å². The topological polar surface area (TPSA) is 110 Å². The second-order valence-corrected chi connectivity index (χ2v) is 7.86. The Bertz CT molecular complexity index is 1010. The number of nitrogens with one attached hydrogen (secondary N) is 2. The number of rotatable bonds is 7. The predicted molar refractivity (Wildman–Crippen MR) is 109 cm³/mol. The number of aromatic nitrogens is 2. The van der Waals surface area contributed by atoms with E-state index in [0.717, 1.165) is 5.56 Å². The number of carbonyl (C=O) groups excluding carboxylic acids is 1. The molecule has 29 heavy (non-hydrogen) atoms. The molecule has 0 aliphatic heterocycles. The van der Waals surface area contributed by atoms with Gasteiger partial charge in [0.2, 0.25) is 5.91 Å². The van der Waals surface area contributed by atoms with Gasteiger partial charge in [-0.05, 0) is 11.6 Å². The number of imidazole rings is 1. The maximum absolute atomic E-state index is 12.5. The van der Waals surface area contributed by atoms with Crippen molar-refractivity contribution < 1.29 is 14.5 Å². The van der Waals surface area contributed by atoms with Crippen molar-refractivity contribution in [3.05, 3.63) is 70.0 Å². The number of fused-ring (bicyclic) bond motifs is 1. The molecule has 1 atom stereocenters. The summed E-state index contributed by atoms with van der Waals surface area (Å²) in [5.41, 5.74) is 1.54. The summed E-state index contributed by atoms with van der Waals surface area (Å²) in [6, 6.07) is 13.6. The van der Waals surface area contributed by atoms with Gasteiger partial charge in [-0.1, -0.05) is 51.1 Å². The van der Waals surface area contributed by atoms with Gasteiger partial charge in [0, 0.05) is 17.5 Å². The maximum Gasteiger partial charge on any atom is 0.271 e. The number of benzene rings is 2. The highest BCUT2D eigenvalue weighted by Crippen LogP contribution is 2.23. The summed E-state index contributed by atoms with van der Waals surface area (Å²) >= 11 is 0. The summed E-state index contributed by atoms with van der Waals surface area (Å²) in [6.45, 7) is 6.08. The largest absolute Gasteiger partial charge is 0.374 e. The average molecular weight is 396 g/mol. The molecule has 0 aliphatic rings. The lowest BCUT2D eigenvalue weighted by atomic mass is 9.95. The fourth-order valence-corrected chi connectivity index (χ4v) is 2.73. The Balaban J connectivity index is 1.82. The molecule has 0 bridgehead atoms. The van der Waals surface area contributed by atoms with Crippen molar-refractivity contribution in [2.24, 2.45) is 5.41 Å². The molecular formula is C21H24N4O4. The first-order valence-corrected chi connectivity index (χ1v) is 9.31. The van der Waals surface area contributed by atoms with Crippen molar-refractivity contribution >= 4 is 22.6 Å². The van der Waals surface area contributed by atoms with Gasteiger partial charge in [-0.2, -0.15) is 0 Å². The number of ether oxygens (including phenoxy) is 1. The zero-order chi connectivity index (χ0) is 21.0. The van der Waals surface area contributed by atoms with Crippen LogP contribution in [0.15, 0.2) is 48.5 Å². The molecule has 8 nitrogen and oxygen atoms in total. The van der Waals surface area contributed by atoms with Crippen molar-refractivity contribution in [2.75, 3.05) is 6.61 Å². The molecule has 2 aromatic carbocycles. The standard InChI is InChI=1S/C21H24N4O4/c1-21(2,3)20(26)24-18(13-29-12-14-7-5-4-6-8-14)19-22-16-10-9-15(25(27)28)11-17(16)23-19/h4-11,18H,12-13H2,1-3H3,(H,22,23)(H,24,26)/t18-/m1/s1. The number of nitro benzene ring substituents is 1. The number of non-ortho nitro benzene ring substituents is 1. The molecule has 0 spiro atoms. The Morgan fingerprint density at radius 3 is 2.62 bits per heavy atom. The predicted octanol–water partition coefficient (Wildman–Crippen LogP) is 3.89. The lowest BCUT2D eigenvalue weighted by Gasteiger charge is -2.23. The van der Waals surface area contributed by atoms with Crippen LogP contribution in [0.2, 0.25) is 0 Å². The van der Waals surface area contributed by atoms with Gasteiger partial charge in [-0.3, -0.25) is 14.9 Å². The van der Waals surface area contributed by atoms with Crippen LogP contribution in [0, 0.1) is 15.5 Å². The molecule has 1 heterocycles. The second kappa shape index (κ2) is 8.40. The van der Waals surface area contributed by atoms with E-state index < -0.39 is 16.4 Å². The van der Waals surface area contributed by atoms with Gasteiger partial charge in [0.25, 0.3) is 5.69 Å². The minimum absolute atomic E-state index is 0.0247. The molecule has 0 saturated heterocycles. The van der Waals surface area contributed by atoms with Crippen molar-refractivity contribution in [1.82, 2.24) is 15.3 Å². The molecule has 0 radical (unpaired) electrons. The molecule has 8 heteroatoms. The third-order valence-corrected chi connectivity index (χ3v) is 4.41. The molecule has 1 amide bonds. The Morgan fingerprint density at radius 1 is 1.24 bits per heavy atom. The van der Waals surface area contributed by atoms with Crippen LogP contribution in [0.3, 0.4) is 0 Å². The zero-order valence-corrected chi connectivity index (χ0v) is 16.6. The molecular weight excluding hydrogens is 372 g/mol. The van der Waals surface area contributed by atoms with Crippen LogP contribution in [0.25, 0.3) is 11.0 Å². The van der Waals surface area contributed by atoms with Gasteiger partial charge < -0.3 is 15.0 Å². The molecule has 0 unspecified atom stereocenters. The van der Waals surface area contributed by atoms with Crippen LogP contribution < -0.4 is 5.32 Å². The van der Waals surface area contributed by atoms with E-state index in [2.05, 4.69) is 15.3 Å². The number of nitrogens with zero attached hydrogens (tertiary/aromatic N) is 2. The number of aromatic amines is 1. The number of hydrogen-bond acceptors (Lipinski definition) is 5. The van der Waals surface area contributed by atoms with Crippen molar-refractivity contribution in [2.45, 2.75) is 33.4 Å². The third kappa shape index (κ3) is 5.17. The summed E-state index contributed by atoms with van der Waals surface area (Å²) in [5, 5.41) is 14.0. The van der Waals surface area contributed by atoms with Crippen LogP contribution in [0.1, 0.15) is 38.2 Å². The average Bonchev–Trinajstić information content (AvgIpc) is 3.10. The summed E-state index contributed by atoms with van der Waals surface area (Å²) in [5.74, 6) is 0.350. The minimum atomic E-state index is -0.581. The molecule has 0 aliphatic carbocycles. The zero-order valence-electron chi connectivity index (χ0n) is 16.6. The van der Waals surface area contributed by atoms with Crippen molar-refractivity contribution in [1.29, 1.82) is 0 Å². The molecule has 1 aromatic heterocycles. The summed E-state index contributed by atoms with van der Waals surface area (Å²) in [4.78, 5) is 30.7. The van der Waals surface area contributed by atoms with Gasteiger partial charge in [-0.25, -0.2) is 4.98 Å². The van der Waals surface area contributed by atoms with E-state index in [1.807, 2.05) is 51.1 Å². The van der Waals surface area contributed by atoms with Crippen LogP contribution >= 0.6 is 0 Å². The van der Waals surface area contributed by atoms with E-state index in [4.69, 9.17) is 4.74 Å². The van der Waals surface area contributed by atoms with E-state index >= 15 is 0 Å². The Kier molecular flexibility index (Phi) is 5.93. The molecule has 3 rings (SSSR count). The van der Waals surface area contributed by atoms with Crippen LogP contribution in [0.4, 0.5) is 5.69 Å². The van der Waals surface area contributed by atoms with E-state index in [1.54, 1.807) is 6.07 Å². The number of H-pyrrole nitrogens is 1. The second-order valence-electron chi connectivity index (χ2n) is 7.86. The monoisotopic (exact) mass is 396 g/mol. The fraction of sp³-hybridized carbons (Fsp3) is 0.333. The smallest absolute Gasteiger partial charge is 0.271 e. The number of amides is 1. The van der Waals surface area contributed by atoms with Crippen molar-refractivity contribution in [3.8, 4) is 0 Å². The summed E-state index contributed by atoms with van der Waals surface area (Å²) < 4.78 is 5.82. The van der Waals surface area contributed by atoms with E-state index in [9.17, 15) is 14.9 Å². The maximum atomic E-state index is 12.5. The minimum Gasteiger partial charge on any atom is -0.374 e. The lowest BCUT2D eigenvalue weighted by Crippen LogP contribution is -2.39. The van der Waals surface area contributed by atoms with E-state index in [0.29, 0.717) is 23.5 Å². The molecule has 2 N–H and O–H groups in total. The van der Waals surface area contributed by atoms with Crippen molar-refractivity contribution in [3.63, 3.8) is 0 Å². The number of nitro groups is 1. The number of hydrogen-bond donors (Lipinski definition) is 2. The first-order valence-electron chi connectivity index (χ1n) is 9.31. The highest BCUT2D eigenvalue weighted by atomic mass is 16.6. The van der Waals surface area contributed by atoms with Gasteiger partial charge in [-0.15, -0.1) is 0 Å². The highest BCUT2D eigenvalue weighted by molar-refractivity contribution is 5.82. The third-order valence-electron chi connectivity index (χ3n) is 4.41. The van der Waals surface area contributed by atoms with E-state index in [-0.39, 0.29) is 18.2 Å². The lowest BCUT2D eigenvalue weighted by molar-refractivity contribution is -0.384. The first-order chi connectivity index (χ1) is 13.7. The Morgan fingerprint density at radius 2 is 1.97 bits per heavy atom. The number of carbonyl (C=O) groups is 1. The normalized spacial score (nSPS) is 12.7. The highest BCUT2D eigenvalue weighted by Gasteiger charge is 2.26. The van der Waals surface area contributed by atoms with Gasteiger partial charge in [0.15, 0.2) is 0 Å². The van der Waals surface area contributed by atoms with Crippen LogP contribution in [-0.4, -0.2) is 27.4 Å². The first kappa shape index (κ1) is 20.5.